The summed E-state index contributed by atoms with van der Waals surface area (Å²) in [5.74, 6) is -0.262. The molecule has 1 atom stereocenters. The van der Waals surface area contributed by atoms with Gasteiger partial charge in [-0.15, -0.1) is 0 Å². The lowest BCUT2D eigenvalue weighted by molar-refractivity contribution is 0.127. The number of oxime groups is 1. The first-order chi connectivity index (χ1) is 12.7. The van der Waals surface area contributed by atoms with Crippen molar-refractivity contribution in [2.45, 2.75) is 37.7 Å². The SMILES string of the molecule is CNC(=S)C1(c2cccnc2)CCCCC1=NOCc1ccc(F)cc1. The molecule has 136 valence electrons. The van der Waals surface area contributed by atoms with Gasteiger partial charge in [-0.2, -0.15) is 0 Å². The van der Waals surface area contributed by atoms with Crippen LogP contribution in [0.15, 0.2) is 53.9 Å². The van der Waals surface area contributed by atoms with Crippen molar-refractivity contribution in [2.75, 3.05) is 7.05 Å². The normalized spacial score (nSPS) is 21.4. The summed E-state index contributed by atoms with van der Waals surface area (Å²) < 4.78 is 13.0. The maximum Gasteiger partial charge on any atom is 0.142 e. The van der Waals surface area contributed by atoms with Gasteiger partial charge in [-0.25, -0.2) is 4.39 Å². The van der Waals surface area contributed by atoms with E-state index in [4.69, 9.17) is 17.1 Å². The highest BCUT2D eigenvalue weighted by atomic mass is 32.1. The molecule has 1 unspecified atom stereocenters. The molecule has 3 rings (SSSR count). The van der Waals surface area contributed by atoms with Crippen molar-refractivity contribution in [3.05, 3.63) is 65.7 Å². The third kappa shape index (κ3) is 3.75. The Hall–Kier alpha value is -2.34. The predicted molar refractivity (Wildman–Crippen MR) is 105 cm³/mol. The van der Waals surface area contributed by atoms with E-state index in [1.807, 2.05) is 25.4 Å². The Balaban J connectivity index is 1.88. The number of hydrogen-bond donors (Lipinski definition) is 1. The molecule has 0 amide bonds. The van der Waals surface area contributed by atoms with Crippen LogP contribution in [0, 0.1) is 5.82 Å². The minimum absolute atomic E-state index is 0.262. The first kappa shape index (κ1) is 18.5. The summed E-state index contributed by atoms with van der Waals surface area (Å²) in [6, 6.07) is 10.2. The van der Waals surface area contributed by atoms with Crippen molar-refractivity contribution in [2.24, 2.45) is 5.16 Å². The molecule has 0 aliphatic heterocycles. The van der Waals surface area contributed by atoms with E-state index in [9.17, 15) is 4.39 Å². The summed E-state index contributed by atoms with van der Waals surface area (Å²) in [6.07, 6.45) is 7.41. The second-order valence-electron chi connectivity index (χ2n) is 6.37. The monoisotopic (exact) mass is 371 g/mol. The molecular formula is C20H22FN3OS. The van der Waals surface area contributed by atoms with Crippen molar-refractivity contribution >= 4 is 22.9 Å². The first-order valence-corrected chi connectivity index (χ1v) is 9.14. The number of likely N-dealkylation sites (N-methyl/N-ethyl adjacent to an activating group) is 1. The molecule has 0 radical (unpaired) electrons. The summed E-state index contributed by atoms with van der Waals surface area (Å²) in [7, 11) is 1.84. The van der Waals surface area contributed by atoms with Crippen LogP contribution in [0.25, 0.3) is 0 Å². The van der Waals surface area contributed by atoms with E-state index < -0.39 is 5.41 Å². The fourth-order valence-corrected chi connectivity index (χ4v) is 3.78. The minimum Gasteiger partial charge on any atom is -0.391 e. The Kier molecular flexibility index (Phi) is 5.93. The van der Waals surface area contributed by atoms with Gasteiger partial charge in [0.2, 0.25) is 0 Å². The molecule has 1 saturated carbocycles. The van der Waals surface area contributed by atoms with Gasteiger partial charge in [0.15, 0.2) is 0 Å². The quantitative estimate of drug-likeness (QED) is 0.633. The molecule has 26 heavy (non-hydrogen) atoms. The number of hydrogen-bond acceptors (Lipinski definition) is 4. The zero-order valence-corrected chi connectivity index (χ0v) is 15.6. The standard InChI is InChI=1S/C20H22FN3OS/c1-22-19(26)20(16-5-4-12-23-13-16)11-3-2-6-18(20)24-25-14-15-7-9-17(21)10-8-15/h4-5,7-10,12-13H,2-3,6,11,14H2,1H3,(H,22,26). The number of halogens is 1. The largest absolute Gasteiger partial charge is 0.391 e. The van der Waals surface area contributed by atoms with Crippen LogP contribution in [0.3, 0.4) is 0 Å². The van der Waals surface area contributed by atoms with Crippen molar-refractivity contribution in [3.63, 3.8) is 0 Å². The van der Waals surface area contributed by atoms with Crippen molar-refractivity contribution in [3.8, 4) is 0 Å². The molecule has 4 nitrogen and oxygen atoms in total. The molecule has 0 bridgehead atoms. The summed E-state index contributed by atoms with van der Waals surface area (Å²) in [4.78, 5) is 10.6. The van der Waals surface area contributed by atoms with Crippen LogP contribution < -0.4 is 5.32 Å². The Labute approximate surface area is 158 Å². The van der Waals surface area contributed by atoms with Crippen molar-refractivity contribution in [1.29, 1.82) is 0 Å². The third-order valence-electron chi connectivity index (χ3n) is 4.80. The molecule has 0 spiro atoms. The Morgan fingerprint density at radius 3 is 2.81 bits per heavy atom. The molecule has 1 aliphatic rings. The van der Waals surface area contributed by atoms with Gasteiger partial charge < -0.3 is 10.2 Å². The molecule has 2 aromatic rings. The second kappa shape index (κ2) is 8.36. The van der Waals surface area contributed by atoms with E-state index in [1.165, 1.54) is 12.1 Å². The summed E-state index contributed by atoms with van der Waals surface area (Å²) >= 11 is 5.69. The summed E-state index contributed by atoms with van der Waals surface area (Å²) in [5.41, 5.74) is 2.33. The van der Waals surface area contributed by atoms with E-state index in [2.05, 4.69) is 15.5 Å². The summed E-state index contributed by atoms with van der Waals surface area (Å²) in [6.45, 7) is 0.291. The second-order valence-corrected chi connectivity index (χ2v) is 6.78. The molecule has 1 heterocycles. The van der Waals surface area contributed by atoms with E-state index in [0.29, 0.717) is 6.61 Å². The maximum atomic E-state index is 13.0. The van der Waals surface area contributed by atoms with Crippen LogP contribution in [-0.2, 0) is 16.9 Å². The van der Waals surface area contributed by atoms with Gasteiger partial charge in [0.25, 0.3) is 0 Å². The number of thiocarbonyl (C=S) groups is 1. The number of rotatable bonds is 5. The molecule has 1 aromatic carbocycles. The predicted octanol–water partition coefficient (Wildman–Crippen LogP) is 4.15. The van der Waals surface area contributed by atoms with Gasteiger partial charge in [0.1, 0.15) is 12.4 Å². The first-order valence-electron chi connectivity index (χ1n) is 8.73. The van der Waals surface area contributed by atoms with E-state index in [-0.39, 0.29) is 5.82 Å². The fourth-order valence-electron chi connectivity index (χ4n) is 3.44. The number of nitrogens with one attached hydrogen (secondary N) is 1. The Morgan fingerprint density at radius 1 is 1.31 bits per heavy atom. The van der Waals surface area contributed by atoms with Crippen LogP contribution in [0.5, 0.6) is 0 Å². The molecule has 1 fully saturated rings. The van der Waals surface area contributed by atoms with Crippen LogP contribution in [-0.4, -0.2) is 22.7 Å². The zero-order valence-electron chi connectivity index (χ0n) is 14.7. The van der Waals surface area contributed by atoms with Crippen molar-refractivity contribution < 1.29 is 9.23 Å². The highest BCUT2D eigenvalue weighted by Crippen LogP contribution is 2.38. The highest BCUT2D eigenvalue weighted by molar-refractivity contribution is 7.80. The van der Waals surface area contributed by atoms with Gasteiger partial charge in [-0.1, -0.05) is 42.0 Å². The molecular weight excluding hydrogens is 349 g/mol. The van der Waals surface area contributed by atoms with Crippen LogP contribution >= 0.6 is 12.2 Å². The number of pyridine rings is 1. The Morgan fingerprint density at radius 2 is 2.12 bits per heavy atom. The van der Waals surface area contributed by atoms with Crippen LogP contribution in [0.1, 0.15) is 36.8 Å². The summed E-state index contributed by atoms with van der Waals surface area (Å²) in [5, 5.41) is 7.61. The van der Waals surface area contributed by atoms with Gasteiger partial charge in [0.05, 0.1) is 16.1 Å². The third-order valence-corrected chi connectivity index (χ3v) is 5.35. The number of aromatic nitrogens is 1. The molecule has 0 saturated heterocycles. The van der Waals surface area contributed by atoms with Gasteiger partial charge >= 0.3 is 0 Å². The van der Waals surface area contributed by atoms with Gasteiger partial charge in [-0.3, -0.25) is 4.98 Å². The smallest absolute Gasteiger partial charge is 0.142 e. The van der Waals surface area contributed by atoms with Crippen molar-refractivity contribution in [1.82, 2.24) is 10.3 Å². The van der Waals surface area contributed by atoms with E-state index in [1.54, 1.807) is 18.3 Å². The lowest BCUT2D eigenvalue weighted by Crippen LogP contribution is -2.50. The maximum absolute atomic E-state index is 13.0. The van der Waals surface area contributed by atoms with Gasteiger partial charge in [0, 0.05) is 19.4 Å². The average molecular weight is 371 g/mol. The minimum atomic E-state index is -0.487. The number of nitrogens with zero attached hydrogens (tertiary/aromatic N) is 2. The highest BCUT2D eigenvalue weighted by Gasteiger charge is 2.44. The molecule has 6 heteroatoms. The van der Waals surface area contributed by atoms with Crippen LogP contribution in [0.4, 0.5) is 4.39 Å². The van der Waals surface area contributed by atoms with E-state index in [0.717, 1.165) is 47.5 Å². The molecule has 1 aromatic heterocycles. The lowest BCUT2D eigenvalue weighted by Gasteiger charge is -2.38. The molecule has 1 N–H and O–H groups in total. The lowest BCUT2D eigenvalue weighted by atomic mass is 9.68. The topological polar surface area (TPSA) is 46.5 Å². The average Bonchev–Trinajstić information content (AvgIpc) is 2.70. The Bertz CT molecular complexity index is 779. The van der Waals surface area contributed by atoms with Gasteiger partial charge in [-0.05, 0) is 48.6 Å². The van der Waals surface area contributed by atoms with E-state index >= 15 is 0 Å². The fraction of sp³-hybridized carbons (Fsp3) is 0.350. The molecule has 1 aliphatic carbocycles. The van der Waals surface area contributed by atoms with Crippen LogP contribution in [0.2, 0.25) is 0 Å². The number of benzene rings is 1. The zero-order chi connectivity index (χ0) is 18.4.